The molecule has 3 heteroatoms. The average Bonchev–Trinajstić information content (AvgIpc) is 2.99. The van der Waals surface area contributed by atoms with Crippen molar-refractivity contribution in [3.05, 3.63) is 28.8 Å². The molecular weight excluding hydrogens is 200 g/mol. The van der Waals surface area contributed by atoms with Crippen LogP contribution in [-0.4, -0.2) is 12.9 Å². The van der Waals surface area contributed by atoms with Gasteiger partial charge >= 0.3 is 0 Å². The zero-order chi connectivity index (χ0) is 10.1. The molecule has 0 heterocycles. The molecule has 1 aliphatic rings. The second-order valence-electron chi connectivity index (χ2n) is 3.46. The van der Waals surface area contributed by atoms with Crippen molar-refractivity contribution < 1.29 is 9.53 Å². The van der Waals surface area contributed by atoms with Crippen LogP contribution < -0.4 is 4.74 Å². The first-order valence-corrected chi connectivity index (χ1v) is 4.98. The van der Waals surface area contributed by atoms with Crippen LogP contribution in [0.3, 0.4) is 0 Å². The van der Waals surface area contributed by atoms with Crippen LogP contribution in [0.1, 0.15) is 23.2 Å². The second-order valence-corrected chi connectivity index (χ2v) is 3.87. The van der Waals surface area contributed by atoms with Gasteiger partial charge in [-0.1, -0.05) is 17.7 Å². The Kier molecular flexibility index (Phi) is 2.46. The second kappa shape index (κ2) is 3.62. The smallest absolute Gasteiger partial charge is 0.169 e. The van der Waals surface area contributed by atoms with Crippen LogP contribution in [0.15, 0.2) is 18.2 Å². The number of hydrogen-bond donors (Lipinski definition) is 0. The van der Waals surface area contributed by atoms with E-state index in [4.69, 9.17) is 16.3 Å². The number of para-hydroxylation sites is 1. The van der Waals surface area contributed by atoms with Crippen LogP contribution in [0, 0.1) is 5.92 Å². The quantitative estimate of drug-likeness (QED) is 0.717. The molecule has 1 saturated carbocycles. The van der Waals surface area contributed by atoms with Gasteiger partial charge in [0.05, 0.1) is 17.7 Å². The largest absolute Gasteiger partial charge is 0.494 e. The Balaban J connectivity index is 2.40. The van der Waals surface area contributed by atoms with Gasteiger partial charge in [0.1, 0.15) is 5.75 Å². The van der Waals surface area contributed by atoms with Crippen LogP contribution in [0.4, 0.5) is 0 Å². The van der Waals surface area contributed by atoms with Gasteiger partial charge in [0, 0.05) is 5.92 Å². The molecule has 74 valence electrons. The van der Waals surface area contributed by atoms with Gasteiger partial charge in [-0.3, -0.25) is 4.79 Å². The first kappa shape index (κ1) is 9.53. The molecule has 0 aliphatic heterocycles. The normalized spacial score (nSPS) is 15.3. The Morgan fingerprint density at radius 2 is 2.21 bits per heavy atom. The number of hydrogen-bond acceptors (Lipinski definition) is 2. The summed E-state index contributed by atoms with van der Waals surface area (Å²) >= 11 is 5.92. The van der Waals surface area contributed by atoms with Gasteiger partial charge in [-0.2, -0.15) is 0 Å². The van der Waals surface area contributed by atoms with Crippen LogP contribution in [0.5, 0.6) is 5.75 Å². The molecule has 0 amide bonds. The maximum absolute atomic E-state index is 11.8. The van der Waals surface area contributed by atoms with Gasteiger partial charge in [-0.15, -0.1) is 0 Å². The summed E-state index contributed by atoms with van der Waals surface area (Å²) in [5, 5.41) is 0.499. The predicted molar refractivity (Wildman–Crippen MR) is 55.1 cm³/mol. The van der Waals surface area contributed by atoms with Crippen LogP contribution >= 0.6 is 11.6 Å². The molecule has 0 saturated heterocycles. The molecule has 0 aromatic heterocycles. The van der Waals surface area contributed by atoms with E-state index in [1.54, 1.807) is 18.2 Å². The van der Waals surface area contributed by atoms with E-state index in [-0.39, 0.29) is 11.7 Å². The maximum Gasteiger partial charge on any atom is 0.169 e. The molecule has 1 fully saturated rings. The molecule has 0 N–H and O–H groups in total. The fraction of sp³-hybridized carbons (Fsp3) is 0.364. The van der Waals surface area contributed by atoms with Gasteiger partial charge in [-0.25, -0.2) is 0 Å². The summed E-state index contributed by atoms with van der Waals surface area (Å²) in [5.74, 6) is 0.859. The lowest BCUT2D eigenvalue weighted by Crippen LogP contribution is -2.04. The van der Waals surface area contributed by atoms with Crippen LogP contribution in [-0.2, 0) is 0 Å². The van der Waals surface area contributed by atoms with Gasteiger partial charge in [0.25, 0.3) is 0 Å². The molecule has 1 aromatic rings. The standard InChI is InChI=1S/C11H11ClO2/c1-14-11-8(3-2-4-9(11)12)10(13)7-5-6-7/h2-4,7H,5-6H2,1H3. The predicted octanol–water partition coefficient (Wildman–Crippen LogP) is 2.94. The number of methoxy groups -OCH3 is 1. The van der Waals surface area contributed by atoms with Crippen molar-refractivity contribution in [2.45, 2.75) is 12.8 Å². The van der Waals surface area contributed by atoms with Crippen molar-refractivity contribution in [2.24, 2.45) is 5.92 Å². The third-order valence-electron chi connectivity index (χ3n) is 2.38. The topological polar surface area (TPSA) is 26.3 Å². The molecule has 0 bridgehead atoms. The number of Topliss-reactive ketones (excluding diaryl/α,β-unsaturated/α-hetero) is 1. The fourth-order valence-electron chi connectivity index (χ4n) is 1.48. The molecule has 2 nitrogen and oxygen atoms in total. The lowest BCUT2D eigenvalue weighted by atomic mass is 10.1. The molecular formula is C11H11ClO2. The third-order valence-corrected chi connectivity index (χ3v) is 2.68. The van der Waals surface area contributed by atoms with Crippen molar-refractivity contribution in [1.82, 2.24) is 0 Å². The van der Waals surface area contributed by atoms with E-state index in [1.807, 2.05) is 0 Å². The van der Waals surface area contributed by atoms with E-state index in [1.165, 1.54) is 7.11 Å². The highest BCUT2D eigenvalue weighted by molar-refractivity contribution is 6.32. The van der Waals surface area contributed by atoms with Gasteiger partial charge in [0.2, 0.25) is 0 Å². The van der Waals surface area contributed by atoms with Crippen molar-refractivity contribution >= 4 is 17.4 Å². The number of carbonyl (C=O) groups excluding carboxylic acids is 1. The summed E-state index contributed by atoms with van der Waals surface area (Å²) in [4.78, 5) is 11.8. The van der Waals surface area contributed by atoms with Gasteiger partial charge in [-0.05, 0) is 25.0 Å². The van der Waals surface area contributed by atoms with E-state index in [0.29, 0.717) is 16.3 Å². The highest BCUT2D eigenvalue weighted by Gasteiger charge is 2.32. The summed E-state index contributed by atoms with van der Waals surface area (Å²) < 4.78 is 5.12. The first-order chi connectivity index (χ1) is 6.74. The number of halogens is 1. The maximum atomic E-state index is 11.8. The van der Waals surface area contributed by atoms with Gasteiger partial charge < -0.3 is 4.74 Å². The zero-order valence-electron chi connectivity index (χ0n) is 7.92. The number of benzene rings is 1. The monoisotopic (exact) mass is 210 g/mol. The summed E-state index contributed by atoms with van der Waals surface area (Å²) in [5.41, 5.74) is 0.613. The lowest BCUT2D eigenvalue weighted by Gasteiger charge is -2.08. The minimum absolute atomic E-state index is 0.157. The number of carbonyl (C=O) groups is 1. The van der Waals surface area contributed by atoms with E-state index in [9.17, 15) is 4.79 Å². The Morgan fingerprint density at radius 3 is 2.79 bits per heavy atom. The summed E-state index contributed by atoms with van der Waals surface area (Å²) in [7, 11) is 1.53. The SMILES string of the molecule is COc1c(Cl)cccc1C(=O)C1CC1. The highest BCUT2D eigenvalue weighted by atomic mass is 35.5. The Morgan fingerprint density at radius 1 is 1.50 bits per heavy atom. The molecule has 0 unspecified atom stereocenters. The van der Waals surface area contributed by atoms with Gasteiger partial charge in [0.15, 0.2) is 5.78 Å². The van der Waals surface area contributed by atoms with E-state index in [0.717, 1.165) is 12.8 Å². The fourth-order valence-corrected chi connectivity index (χ4v) is 1.73. The minimum atomic E-state index is 0.157. The molecule has 0 spiro atoms. The number of ether oxygens (including phenoxy) is 1. The Hall–Kier alpha value is -1.02. The molecule has 1 aliphatic carbocycles. The molecule has 0 atom stereocenters. The van der Waals surface area contributed by atoms with E-state index in [2.05, 4.69) is 0 Å². The van der Waals surface area contributed by atoms with Crippen LogP contribution in [0.25, 0.3) is 0 Å². The zero-order valence-corrected chi connectivity index (χ0v) is 8.67. The number of ketones is 1. The molecule has 0 radical (unpaired) electrons. The Labute approximate surface area is 87.8 Å². The van der Waals surface area contributed by atoms with Crippen molar-refractivity contribution in [3.63, 3.8) is 0 Å². The van der Waals surface area contributed by atoms with Crippen LogP contribution in [0.2, 0.25) is 5.02 Å². The lowest BCUT2D eigenvalue weighted by molar-refractivity contribution is 0.0964. The Bertz CT molecular complexity index is 370. The van der Waals surface area contributed by atoms with E-state index >= 15 is 0 Å². The number of rotatable bonds is 3. The first-order valence-electron chi connectivity index (χ1n) is 4.60. The summed E-state index contributed by atoms with van der Waals surface area (Å²) in [6.07, 6.45) is 1.99. The van der Waals surface area contributed by atoms with Crippen molar-refractivity contribution in [2.75, 3.05) is 7.11 Å². The average molecular weight is 211 g/mol. The minimum Gasteiger partial charge on any atom is -0.494 e. The summed E-state index contributed by atoms with van der Waals surface area (Å²) in [6, 6.07) is 5.27. The molecule has 2 rings (SSSR count). The van der Waals surface area contributed by atoms with E-state index < -0.39 is 0 Å². The molecule has 14 heavy (non-hydrogen) atoms. The summed E-state index contributed by atoms with van der Waals surface area (Å²) in [6.45, 7) is 0. The third kappa shape index (κ3) is 1.62. The molecule has 1 aromatic carbocycles. The van der Waals surface area contributed by atoms with Crippen molar-refractivity contribution in [3.8, 4) is 5.75 Å². The highest BCUT2D eigenvalue weighted by Crippen LogP contribution is 2.37. The van der Waals surface area contributed by atoms with Crippen molar-refractivity contribution in [1.29, 1.82) is 0 Å².